The average Bonchev–Trinajstić information content (AvgIpc) is 2.66. The number of hydrogen-bond donors (Lipinski definition) is 3. The summed E-state index contributed by atoms with van der Waals surface area (Å²) in [6, 6.07) is -1.12. The summed E-state index contributed by atoms with van der Waals surface area (Å²) >= 11 is 1.22. The van der Waals surface area contributed by atoms with Crippen LogP contribution in [0.3, 0.4) is 0 Å². The predicted molar refractivity (Wildman–Crippen MR) is 73.1 cm³/mol. The standard InChI is InChI=1S/C12H20N2O4S/c1-2-3-4-5-6-9(11(16)17)19-7-8-10(15)14-12(18)13-8/h8-9H,2-7H2,1H3,(H,16,17)(H2,13,14,15,18). The number of rotatable bonds is 9. The van der Waals surface area contributed by atoms with E-state index in [9.17, 15) is 14.4 Å². The summed E-state index contributed by atoms with van der Waals surface area (Å²) in [5.74, 6) is -0.943. The summed E-state index contributed by atoms with van der Waals surface area (Å²) in [5, 5.41) is 13.2. The van der Waals surface area contributed by atoms with Crippen molar-refractivity contribution < 1.29 is 19.5 Å². The SMILES string of the molecule is CCCCCCC(SCC1NC(=O)NC1=O)C(=O)O. The number of unbranched alkanes of at least 4 members (excludes halogenated alkanes) is 3. The lowest BCUT2D eigenvalue weighted by atomic mass is 10.1. The van der Waals surface area contributed by atoms with Crippen molar-refractivity contribution in [2.24, 2.45) is 0 Å². The lowest BCUT2D eigenvalue weighted by Gasteiger charge is -2.13. The van der Waals surface area contributed by atoms with Crippen molar-refractivity contribution in [2.75, 3.05) is 5.75 Å². The van der Waals surface area contributed by atoms with Crippen LogP contribution in [-0.2, 0) is 9.59 Å². The number of hydrogen-bond acceptors (Lipinski definition) is 4. The molecule has 108 valence electrons. The number of carbonyl (C=O) groups is 3. The molecule has 0 bridgehead atoms. The molecule has 6 nitrogen and oxygen atoms in total. The second-order valence-corrected chi connectivity index (χ2v) is 5.76. The van der Waals surface area contributed by atoms with Gasteiger partial charge in [-0.05, 0) is 6.42 Å². The van der Waals surface area contributed by atoms with E-state index in [1.54, 1.807) is 0 Å². The molecule has 3 amide bonds. The molecule has 1 saturated heterocycles. The molecule has 1 fully saturated rings. The maximum atomic E-state index is 11.3. The number of urea groups is 1. The van der Waals surface area contributed by atoms with Gasteiger partial charge in [0.2, 0.25) is 0 Å². The maximum Gasteiger partial charge on any atom is 0.322 e. The molecule has 0 aromatic heterocycles. The molecular weight excluding hydrogens is 268 g/mol. The van der Waals surface area contributed by atoms with E-state index in [2.05, 4.69) is 17.6 Å². The fourth-order valence-electron chi connectivity index (χ4n) is 1.82. The summed E-state index contributed by atoms with van der Waals surface area (Å²) in [6.07, 6.45) is 4.72. The Kier molecular flexibility index (Phi) is 6.69. The van der Waals surface area contributed by atoms with E-state index in [1.165, 1.54) is 11.8 Å². The molecule has 7 heteroatoms. The van der Waals surface area contributed by atoms with Crippen LogP contribution in [0.4, 0.5) is 4.79 Å². The Morgan fingerprint density at radius 1 is 1.37 bits per heavy atom. The number of imide groups is 1. The fraction of sp³-hybridized carbons (Fsp3) is 0.750. The third-order valence-electron chi connectivity index (χ3n) is 2.92. The van der Waals surface area contributed by atoms with Crippen LogP contribution in [0.2, 0.25) is 0 Å². The van der Waals surface area contributed by atoms with Crippen LogP contribution in [0, 0.1) is 0 Å². The van der Waals surface area contributed by atoms with Crippen molar-refractivity contribution >= 4 is 29.7 Å². The van der Waals surface area contributed by atoms with Gasteiger partial charge in [0.05, 0.1) is 0 Å². The Labute approximate surface area is 116 Å². The van der Waals surface area contributed by atoms with Gasteiger partial charge >= 0.3 is 12.0 Å². The molecule has 0 radical (unpaired) electrons. The van der Waals surface area contributed by atoms with E-state index in [0.29, 0.717) is 12.2 Å². The first-order chi connectivity index (χ1) is 9.04. The van der Waals surface area contributed by atoms with Crippen molar-refractivity contribution in [1.82, 2.24) is 10.6 Å². The van der Waals surface area contributed by atoms with Crippen LogP contribution in [0.25, 0.3) is 0 Å². The first kappa shape index (κ1) is 15.8. The highest BCUT2D eigenvalue weighted by molar-refractivity contribution is 8.00. The third kappa shape index (κ3) is 5.50. The van der Waals surface area contributed by atoms with Crippen molar-refractivity contribution in [1.29, 1.82) is 0 Å². The van der Waals surface area contributed by atoms with Gasteiger partial charge in [0.15, 0.2) is 0 Å². The summed E-state index contributed by atoms with van der Waals surface area (Å²) < 4.78 is 0. The molecule has 19 heavy (non-hydrogen) atoms. The van der Waals surface area contributed by atoms with Crippen LogP contribution < -0.4 is 10.6 Å². The Balaban J connectivity index is 2.31. The van der Waals surface area contributed by atoms with E-state index in [0.717, 1.165) is 25.7 Å². The highest BCUT2D eigenvalue weighted by atomic mass is 32.2. The molecule has 2 atom stereocenters. The van der Waals surface area contributed by atoms with Crippen molar-refractivity contribution in [3.8, 4) is 0 Å². The smallest absolute Gasteiger partial charge is 0.322 e. The predicted octanol–water partition coefficient (Wildman–Crippen LogP) is 1.35. The van der Waals surface area contributed by atoms with Crippen LogP contribution in [0.15, 0.2) is 0 Å². The Morgan fingerprint density at radius 3 is 2.63 bits per heavy atom. The number of thioether (sulfide) groups is 1. The number of carboxylic acids is 1. The molecule has 2 unspecified atom stereocenters. The van der Waals surface area contributed by atoms with E-state index < -0.39 is 23.3 Å². The lowest BCUT2D eigenvalue weighted by Crippen LogP contribution is -2.33. The number of carboxylic acid groups (broad SMARTS) is 1. The molecule has 0 spiro atoms. The lowest BCUT2D eigenvalue weighted by molar-refractivity contribution is -0.136. The monoisotopic (exact) mass is 288 g/mol. The van der Waals surface area contributed by atoms with Crippen LogP contribution >= 0.6 is 11.8 Å². The molecule has 0 saturated carbocycles. The Hall–Kier alpha value is -1.24. The average molecular weight is 288 g/mol. The first-order valence-corrected chi connectivity index (χ1v) is 7.55. The van der Waals surface area contributed by atoms with E-state index in [-0.39, 0.29) is 5.91 Å². The van der Waals surface area contributed by atoms with Gasteiger partial charge in [-0.3, -0.25) is 14.9 Å². The van der Waals surface area contributed by atoms with Crippen LogP contribution in [-0.4, -0.2) is 40.1 Å². The number of carbonyl (C=O) groups excluding carboxylic acids is 2. The fourth-order valence-corrected chi connectivity index (χ4v) is 2.96. The summed E-state index contributed by atoms with van der Waals surface area (Å²) in [7, 11) is 0. The summed E-state index contributed by atoms with van der Waals surface area (Å²) in [4.78, 5) is 33.3. The van der Waals surface area contributed by atoms with Gasteiger partial charge in [-0.25, -0.2) is 4.79 Å². The zero-order valence-electron chi connectivity index (χ0n) is 11.0. The van der Waals surface area contributed by atoms with Gasteiger partial charge < -0.3 is 10.4 Å². The minimum atomic E-state index is -0.855. The molecule has 0 aliphatic carbocycles. The van der Waals surface area contributed by atoms with Gasteiger partial charge in [-0.2, -0.15) is 0 Å². The van der Waals surface area contributed by atoms with E-state index in [4.69, 9.17) is 5.11 Å². The Bertz CT molecular complexity index is 349. The van der Waals surface area contributed by atoms with Gasteiger partial charge in [0.1, 0.15) is 11.3 Å². The molecule has 1 aliphatic heterocycles. The molecule has 3 N–H and O–H groups in total. The van der Waals surface area contributed by atoms with Crippen molar-refractivity contribution in [2.45, 2.75) is 50.3 Å². The van der Waals surface area contributed by atoms with E-state index in [1.807, 2.05) is 0 Å². The molecule has 1 rings (SSSR count). The molecule has 0 aromatic carbocycles. The minimum Gasteiger partial charge on any atom is -0.480 e. The normalized spacial score (nSPS) is 19.9. The van der Waals surface area contributed by atoms with Gasteiger partial charge in [0.25, 0.3) is 5.91 Å². The number of nitrogens with one attached hydrogen (secondary N) is 2. The molecular formula is C12H20N2O4S. The van der Waals surface area contributed by atoms with Crippen LogP contribution in [0.1, 0.15) is 39.0 Å². The van der Waals surface area contributed by atoms with Crippen molar-refractivity contribution in [3.63, 3.8) is 0 Å². The molecule has 1 aliphatic rings. The maximum absolute atomic E-state index is 11.3. The zero-order valence-corrected chi connectivity index (χ0v) is 11.8. The molecule has 1 heterocycles. The minimum absolute atomic E-state index is 0.294. The topological polar surface area (TPSA) is 95.5 Å². The zero-order chi connectivity index (χ0) is 14.3. The largest absolute Gasteiger partial charge is 0.480 e. The van der Waals surface area contributed by atoms with Crippen LogP contribution in [0.5, 0.6) is 0 Å². The van der Waals surface area contributed by atoms with Gasteiger partial charge in [-0.15, -0.1) is 11.8 Å². The summed E-state index contributed by atoms with van der Waals surface area (Å²) in [5.41, 5.74) is 0. The Morgan fingerprint density at radius 2 is 2.11 bits per heavy atom. The second-order valence-electron chi connectivity index (χ2n) is 4.52. The number of amides is 3. The number of aliphatic carboxylic acids is 1. The molecule has 0 aromatic rings. The van der Waals surface area contributed by atoms with Crippen molar-refractivity contribution in [3.05, 3.63) is 0 Å². The third-order valence-corrected chi connectivity index (χ3v) is 4.28. The highest BCUT2D eigenvalue weighted by Gasteiger charge is 2.31. The second kappa shape index (κ2) is 8.04. The summed E-state index contributed by atoms with van der Waals surface area (Å²) in [6.45, 7) is 2.10. The van der Waals surface area contributed by atoms with Gasteiger partial charge in [-0.1, -0.05) is 32.6 Å². The quantitative estimate of drug-likeness (QED) is 0.440. The van der Waals surface area contributed by atoms with E-state index >= 15 is 0 Å². The van der Waals surface area contributed by atoms with Gasteiger partial charge in [0, 0.05) is 5.75 Å². The first-order valence-electron chi connectivity index (χ1n) is 6.50. The highest BCUT2D eigenvalue weighted by Crippen LogP contribution is 2.20.